The molecule has 0 unspecified atom stereocenters. The van der Waals surface area contributed by atoms with Crippen molar-refractivity contribution in [2.45, 2.75) is 45.2 Å². The number of hydrogen-bond acceptors (Lipinski definition) is 3. The Morgan fingerprint density at radius 3 is 2.91 bits per heavy atom. The number of benzene rings is 1. The van der Waals surface area contributed by atoms with E-state index in [1.165, 1.54) is 25.7 Å². The molecule has 1 aromatic carbocycles. The van der Waals surface area contributed by atoms with Crippen LogP contribution in [0.3, 0.4) is 0 Å². The summed E-state index contributed by atoms with van der Waals surface area (Å²) in [6, 6.07) is 6.47. The van der Waals surface area contributed by atoms with Crippen LogP contribution >= 0.6 is 12.2 Å². The van der Waals surface area contributed by atoms with Gasteiger partial charge in [-0.25, -0.2) is 0 Å². The molecule has 0 spiro atoms. The third-order valence-corrected chi connectivity index (χ3v) is 5.95. The van der Waals surface area contributed by atoms with Crippen LogP contribution in [0.4, 0.5) is 0 Å². The maximum atomic E-state index is 5.47. The van der Waals surface area contributed by atoms with Gasteiger partial charge in [0.2, 0.25) is 6.79 Å². The largest absolute Gasteiger partial charge is 0.454 e. The second-order valence-electron chi connectivity index (χ2n) is 7.14. The minimum absolute atomic E-state index is 0.313. The number of thiocarbonyl (C=S) groups is 1. The molecule has 1 aromatic rings. The van der Waals surface area contributed by atoms with Crippen LogP contribution in [0.1, 0.15) is 38.2 Å². The van der Waals surface area contributed by atoms with Crippen molar-refractivity contribution in [1.82, 2.24) is 10.6 Å². The summed E-state index contributed by atoms with van der Waals surface area (Å²) in [4.78, 5) is 0. The summed E-state index contributed by atoms with van der Waals surface area (Å²) in [6.07, 6.45) is 5.68. The van der Waals surface area contributed by atoms with Crippen molar-refractivity contribution in [2.24, 2.45) is 17.8 Å². The molecule has 5 heteroatoms. The van der Waals surface area contributed by atoms with Crippen molar-refractivity contribution in [3.05, 3.63) is 23.8 Å². The average molecular weight is 332 g/mol. The summed E-state index contributed by atoms with van der Waals surface area (Å²) >= 11 is 5.47. The van der Waals surface area contributed by atoms with Gasteiger partial charge in [-0.1, -0.05) is 12.5 Å². The monoisotopic (exact) mass is 332 g/mol. The third-order valence-electron chi connectivity index (χ3n) is 5.68. The van der Waals surface area contributed by atoms with Crippen molar-refractivity contribution in [3.63, 3.8) is 0 Å². The van der Waals surface area contributed by atoms with Gasteiger partial charge in [0.05, 0.1) is 0 Å². The number of rotatable bonds is 4. The molecule has 4 nitrogen and oxygen atoms in total. The molecule has 0 amide bonds. The normalized spacial score (nSPS) is 28.7. The minimum Gasteiger partial charge on any atom is -0.454 e. The molecule has 2 fully saturated rings. The quantitative estimate of drug-likeness (QED) is 0.829. The minimum atomic E-state index is 0.313. The van der Waals surface area contributed by atoms with Gasteiger partial charge < -0.3 is 20.1 Å². The summed E-state index contributed by atoms with van der Waals surface area (Å²) in [5.74, 6) is 4.32. The molecule has 2 bridgehead atoms. The van der Waals surface area contributed by atoms with E-state index in [2.05, 4.69) is 17.6 Å². The van der Waals surface area contributed by atoms with Gasteiger partial charge in [0, 0.05) is 12.6 Å². The van der Waals surface area contributed by atoms with Gasteiger partial charge in [-0.15, -0.1) is 0 Å². The number of nitrogens with one attached hydrogen (secondary N) is 2. The lowest BCUT2D eigenvalue weighted by atomic mass is 9.84. The molecule has 2 saturated carbocycles. The zero-order chi connectivity index (χ0) is 15.8. The molecule has 0 aromatic heterocycles. The Kier molecular flexibility index (Phi) is 4.05. The molecule has 1 aliphatic heterocycles. The van der Waals surface area contributed by atoms with Crippen molar-refractivity contribution >= 4 is 17.3 Å². The fraction of sp³-hybridized carbons (Fsp3) is 0.611. The zero-order valence-electron chi connectivity index (χ0n) is 13.5. The smallest absolute Gasteiger partial charge is 0.231 e. The zero-order valence-corrected chi connectivity index (χ0v) is 14.3. The van der Waals surface area contributed by atoms with E-state index in [9.17, 15) is 0 Å². The first kappa shape index (κ1) is 15.1. The van der Waals surface area contributed by atoms with E-state index in [-0.39, 0.29) is 0 Å². The Morgan fingerprint density at radius 2 is 2.13 bits per heavy atom. The highest BCUT2D eigenvalue weighted by molar-refractivity contribution is 7.80. The Labute approximate surface area is 142 Å². The van der Waals surface area contributed by atoms with Gasteiger partial charge >= 0.3 is 0 Å². The topological polar surface area (TPSA) is 42.5 Å². The van der Waals surface area contributed by atoms with Crippen LogP contribution in [0, 0.1) is 17.8 Å². The molecule has 4 rings (SSSR count). The summed E-state index contributed by atoms with van der Waals surface area (Å²) < 4.78 is 10.7. The van der Waals surface area contributed by atoms with E-state index < -0.39 is 0 Å². The van der Waals surface area contributed by atoms with E-state index in [1.807, 2.05) is 18.2 Å². The van der Waals surface area contributed by atoms with Crippen LogP contribution in [0.15, 0.2) is 18.2 Å². The van der Waals surface area contributed by atoms with Crippen LogP contribution in [0.2, 0.25) is 0 Å². The highest BCUT2D eigenvalue weighted by Crippen LogP contribution is 2.49. The predicted molar refractivity (Wildman–Crippen MR) is 93.5 cm³/mol. The summed E-state index contributed by atoms with van der Waals surface area (Å²) in [5, 5.41) is 7.55. The van der Waals surface area contributed by atoms with Gasteiger partial charge in [0.25, 0.3) is 0 Å². The van der Waals surface area contributed by atoms with Crippen molar-refractivity contribution < 1.29 is 9.47 Å². The summed E-state index contributed by atoms with van der Waals surface area (Å²) in [6.45, 7) is 3.29. The van der Waals surface area contributed by atoms with Crippen LogP contribution < -0.4 is 20.1 Å². The first-order valence-corrected chi connectivity index (χ1v) is 9.03. The Bertz CT molecular complexity index is 607. The summed E-state index contributed by atoms with van der Waals surface area (Å²) in [5.41, 5.74) is 1.14. The van der Waals surface area contributed by atoms with Crippen molar-refractivity contribution in [3.8, 4) is 11.5 Å². The SMILES string of the molecule is C[C@H](NC(=S)NCc1ccc2c(c1)OCO2)[C@H]1C[C@H]2CC[C@H]1C2. The molecule has 3 aliphatic rings. The van der Waals surface area contributed by atoms with E-state index in [0.717, 1.165) is 39.9 Å². The lowest BCUT2D eigenvalue weighted by Crippen LogP contribution is -2.44. The first-order valence-electron chi connectivity index (χ1n) is 8.62. The second kappa shape index (κ2) is 6.19. The molecule has 0 saturated heterocycles. The van der Waals surface area contributed by atoms with Crippen molar-refractivity contribution in [2.75, 3.05) is 6.79 Å². The van der Waals surface area contributed by atoms with Gasteiger partial charge in [-0.3, -0.25) is 0 Å². The molecule has 23 heavy (non-hydrogen) atoms. The lowest BCUT2D eigenvalue weighted by molar-refractivity contribution is 0.174. The van der Waals surface area contributed by atoms with Gasteiger partial charge in [0.15, 0.2) is 16.6 Å². The van der Waals surface area contributed by atoms with Crippen LogP contribution in [-0.4, -0.2) is 17.9 Å². The second-order valence-corrected chi connectivity index (χ2v) is 7.55. The Balaban J connectivity index is 1.27. The summed E-state index contributed by atoms with van der Waals surface area (Å²) in [7, 11) is 0. The lowest BCUT2D eigenvalue weighted by Gasteiger charge is -2.29. The molecule has 2 aliphatic carbocycles. The number of fused-ring (bicyclic) bond motifs is 3. The van der Waals surface area contributed by atoms with Gasteiger partial charge in [0.1, 0.15) is 0 Å². The maximum absolute atomic E-state index is 5.47. The standard InChI is InChI=1S/C18H24N2O2S/c1-11(15-7-12-2-4-14(15)6-12)20-18(23)19-9-13-3-5-16-17(8-13)22-10-21-16/h3,5,8,11-12,14-15H,2,4,6-7,9-10H2,1H3,(H2,19,20,23)/t11-,12-,14-,15+/m0/s1. The van der Waals surface area contributed by atoms with E-state index in [0.29, 0.717) is 19.4 Å². The van der Waals surface area contributed by atoms with Gasteiger partial charge in [-0.05, 0) is 73.9 Å². The van der Waals surface area contributed by atoms with Gasteiger partial charge in [-0.2, -0.15) is 0 Å². The molecule has 4 atom stereocenters. The fourth-order valence-electron chi connectivity index (χ4n) is 4.50. The average Bonchev–Trinajstić information content (AvgIpc) is 3.28. The van der Waals surface area contributed by atoms with Crippen LogP contribution in [-0.2, 0) is 6.54 Å². The van der Waals surface area contributed by atoms with E-state index in [4.69, 9.17) is 21.7 Å². The third kappa shape index (κ3) is 3.11. The molecular weight excluding hydrogens is 308 g/mol. The maximum Gasteiger partial charge on any atom is 0.231 e. The van der Waals surface area contributed by atoms with Crippen LogP contribution in [0.5, 0.6) is 11.5 Å². The Hall–Kier alpha value is -1.49. The number of hydrogen-bond donors (Lipinski definition) is 2. The number of ether oxygens (including phenoxy) is 2. The molecular formula is C18H24N2O2S. The first-order chi connectivity index (χ1) is 11.2. The molecule has 124 valence electrons. The van der Waals surface area contributed by atoms with Crippen molar-refractivity contribution in [1.29, 1.82) is 0 Å². The Morgan fingerprint density at radius 1 is 1.26 bits per heavy atom. The van der Waals surface area contributed by atoms with Crippen LogP contribution in [0.25, 0.3) is 0 Å². The highest BCUT2D eigenvalue weighted by atomic mass is 32.1. The highest BCUT2D eigenvalue weighted by Gasteiger charge is 2.41. The molecule has 0 radical (unpaired) electrons. The predicted octanol–water partition coefficient (Wildman–Crippen LogP) is 3.20. The van der Waals surface area contributed by atoms with E-state index >= 15 is 0 Å². The molecule has 2 N–H and O–H groups in total. The van der Waals surface area contributed by atoms with E-state index in [1.54, 1.807) is 0 Å². The fourth-order valence-corrected chi connectivity index (χ4v) is 4.76. The molecule has 1 heterocycles.